The summed E-state index contributed by atoms with van der Waals surface area (Å²) in [6, 6.07) is 6.29. The number of amides is 3. The summed E-state index contributed by atoms with van der Waals surface area (Å²) < 4.78 is 27.3. The van der Waals surface area contributed by atoms with Crippen molar-refractivity contribution in [1.29, 1.82) is 0 Å². The molecule has 0 bridgehead atoms. The molecule has 9 heteroatoms. The SMILES string of the molecule is CN(C)C(=O)N1CCC[C@@H](C(=O)Nc2ccc(S(=O)(=O)N3CCCCCC3)cc2)C1. The maximum Gasteiger partial charge on any atom is 0.319 e. The van der Waals surface area contributed by atoms with E-state index in [2.05, 4.69) is 5.32 Å². The van der Waals surface area contributed by atoms with E-state index in [0.717, 1.165) is 38.5 Å². The molecule has 0 unspecified atom stereocenters. The number of urea groups is 1. The number of nitrogens with one attached hydrogen (secondary N) is 1. The Morgan fingerprint density at radius 1 is 0.967 bits per heavy atom. The standard InChI is InChI=1S/C21H32N4O4S/c1-23(2)21(27)24-13-7-8-17(16-24)20(26)22-18-9-11-19(12-10-18)30(28,29)25-14-5-3-4-6-15-25/h9-12,17H,3-8,13-16H2,1-2H3,(H,22,26)/t17-/m1/s1. The van der Waals surface area contributed by atoms with Gasteiger partial charge in [0.15, 0.2) is 0 Å². The van der Waals surface area contributed by atoms with Gasteiger partial charge >= 0.3 is 6.03 Å². The third-order valence-corrected chi connectivity index (χ3v) is 7.68. The van der Waals surface area contributed by atoms with Gasteiger partial charge in [0, 0.05) is 46.0 Å². The van der Waals surface area contributed by atoms with Gasteiger partial charge in [-0.15, -0.1) is 0 Å². The highest BCUT2D eigenvalue weighted by molar-refractivity contribution is 7.89. The van der Waals surface area contributed by atoms with E-state index in [1.807, 2.05) is 0 Å². The van der Waals surface area contributed by atoms with Crippen molar-refractivity contribution < 1.29 is 18.0 Å². The number of nitrogens with zero attached hydrogens (tertiary/aromatic N) is 3. The number of sulfonamides is 1. The normalized spacial score (nSPS) is 21.0. The van der Waals surface area contributed by atoms with Crippen molar-refractivity contribution in [3.05, 3.63) is 24.3 Å². The predicted molar refractivity (Wildman–Crippen MR) is 116 cm³/mol. The molecule has 0 aliphatic carbocycles. The molecule has 2 fully saturated rings. The van der Waals surface area contributed by atoms with Crippen LogP contribution in [0.5, 0.6) is 0 Å². The molecular formula is C21H32N4O4S. The van der Waals surface area contributed by atoms with Crippen molar-refractivity contribution in [2.24, 2.45) is 5.92 Å². The number of likely N-dealkylation sites (tertiary alicyclic amines) is 1. The fraction of sp³-hybridized carbons (Fsp3) is 0.619. The van der Waals surface area contributed by atoms with Crippen LogP contribution in [0.3, 0.4) is 0 Å². The summed E-state index contributed by atoms with van der Waals surface area (Å²) in [7, 11) is -0.101. The molecule has 30 heavy (non-hydrogen) atoms. The van der Waals surface area contributed by atoms with Gasteiger partial charge < -0.3 is 15.1 Å². The van der Waals surface area contributed by atoms with Crippen molar-refractivity contribution >= 4 is 27.6 Å². The van der Waals surface area contributed by atoms with Crippen LogP contribution in [0.4, 0.5) is 10.5 Å². The Hall–Kier alpha value is -2.13. The molecule has 1 aromatic rings. The Bertz CT molecular complexity index is 846. The quantitative estimate of drug-likeness (QED) is 0.786. The number of carbonyl (C=O) groups is 2. The Labute approximate surface area is 179 Å². The van der Waals surface area contributed by atoms with Gasteiger partial charge in [0.25, 0.3) is 0 Å². The lowest BCUT2D eigenvalue weighted by Gasteiger charge is -2.33. The highest BCUT2D eigenvalue weighted by Crippen LogP contribution is 2.23. The lowest BCUT2D eigenvalue weighted by Crippen LogP contribution is -2.47. The van der Waals surface area contributed by atoms with Crippen LogP contribution in [0.25, 0.3) is 0 Å². The Morgan fingerprint density at radius 2 is 1.60 bits per heavy atom. The Balaban J connectivity index is 1.62. The minimum absolute atomic E-state index is 0.0874. The third-order valence-electron chi connectivity index (χ3n) is 5.77. The topological polar surface area (TPSA) is 90.0 Å². The number of benzene rings is 1. The van der Waals surface area contributed by atoms with Crippen LogP contribution in [-0.2, 0) is 14.8 Å². The van der Waals surface area contributed by atoms with Crippen LogP contribution in [0.2, 0.25) is 0 Å². The number of hydrogen-bond acceptors (Lipinski definition) is 4. The second kappa shape index (κ2) is 9.78. The Morgan fingerprint density at radius 3 is 2.20 bits per heavy atom. The van der Waals surface area contributed by atoms with Crippen LogP contribution < -0.4 is 5.32 Å². The summed E-state index contributed by atoms with van der Waals surface area (Å²) in [5, 5.41) is 2.87. The first-order chi connectivity index (χ1) is 14.3. The fourth-order valence-corrected chi connectivity index (χ4v) is 5.55. The molecule has 0 aromatic heterocycles. The van der Waals surface area contributed by atoms with Crippen LogP contribution in [0.1, 0.15) is 38.5 Å². The molecule has 3 amide bonds. The molecule has 8 nitrogen and oxygen atoms in total. The zero-order valence-corrected chi connectivity index (χ0v) is 18.7. The molecule has 1 N–H and O–H groups in total. The molecule has 1 atom stereocenters. The molecule has 0 saturated carbocycles. The van der Waals surface area contributed by atoms with E-state index in [4.69, 9.17) is 0 Å². The molecular weight excluding hydrogens is 404 g/mol. The van der Waals surface area contributed by atoms with E-state index < -0.39 is 10.0 Å². The second-order valence-electron chi connectivity index (χ2n) is 8.29. The molecule has 2 saturated heterocycles. The fourth-order valence-electron chi connectivity index (χ4n) is 4.03. The zero-order chi connectivity index (χ0) is 21.7. The first-order valence-corrected chi connectivity index (χ1v) is 12.1. The van der Waals surface area contributed by atoms with Gasteiger partial charge in [-0.25, -0.2) is 13.2 Å². The molecule has 3 rings (SSSR count). The van der Waals surface area contributed by atoms with Crippen molar-refractivity contribution in [3.8, 4) is 0 Å². The first kappa shape index (κ1) is 22.6. The van der Waals surface area contributed by atoms with Gasteiger partial charge in [-0.05, 0) is 49.9 Å². The molecule has 2 heterocycles. The summed E-state index contributed by atoms with van der Waals surface area (Å²) in [6.07, 6.45) is 5.42. The summed E-state index contributed by atoms with van der Waals surface area (Å²) in [5.74, 6) is -0.419. The van der Waals surface area contributed by atoms with Gasteiger partial charge in [-0.2, -0.15) is 4.31 Å². The minimum Gasteiger partial charge on any atom is -0.331 e. The Kier molecular flexibility index (Phi) is 7.36. The van der Waals surface area contributed by atoms with Crippen LogP contribution >= 0.6 is 0 Å². The predicted octanol–water partition coefficient (Wildman–Crippen LogP) is 2.58. The summed E-state index contributed by atoms with van der Waals surface area (Å²) in [4.78, 5) is 28.3. The maximum atomic E-state index is 12.9. The average Bonchev–Trinajstić information content (AvgIpc) is 3.04. The summed E-state index contributed by atoms with van der Waals surface area (Å²) >= 11 is 0. The van der Waals surface area contributed by atoms with Gasteiger partial charge in [-0.1, -0.05) is 12.8 Å². The average molecular weight is 437 g/mol. The highest BCUT2D eigenvalue weighted by atomic mass is 32.2. The van der Waals surface area contributed by atoms with Crippen molar-refractivity contribution in [1.82, 2.24) is 14.1 Å². The van der Waals surface area contributed by atoms with Gasteiger partial charge in [0.1, 0.15) is 0 Å². The van der Waals surface area contributed by atoms with E-state index in [1.165, 1.54) is 4.90 Å². The van der Waals surface area contributed by atoms with Crippen LogP contribution in [-0.4, -0.2) is 74.7 Å². The van der Waals surface area contributed by atoms with E-state index in [-0.39, 0.29) is 22.8 Å². The van der Waals surface area contributed by atoms with Gasteiger partial charge in [0.05, 0.1) is 10.8 Å². The van der Waals surface area contributed by atoms with E-state index >= 15 is 0 Å². The van der Waals surface area contributed by atoms with Gasteiger partial charge in [0.2, 0.25) is 15.9 Å². The van der Waals surface area contributed by atoms with E-state index in [0.29, 0.717) is 31.9 Å². The molecule has 2 aliphatic heterocycles. The number of hydrogen-bond donors (Lipinski definition) is 1. The molecule has 1 aromatic carbocycles. The second-order valence-corrected chi connectivity index (χ2v) is 10.2. The third kappa shape index (κ3) is 5.31. The summed E-state index contributed by atoms with van der Waals surface area (Å²) in [6.45, 7) is 2.17. The molecule has 166 valence electrons. The lowest BCUT2D eigenvalue weighted by atomic mass is 9.97. The van der Waals surface area contributed by atoms with Gasteiger partial charge in [-0.3, -0.25) is 4.79 Å². The van der Waals surface area contributed by atoms with Crippen molar-refractivity contribution in [2.75, 3.05) is 45.6 Å². The van der Waals surface area contributed by atoms with E-state index in [1.54, 1.807) is 47.6 Å². The molecule has 2 aliphatic rings. The first-order valence-electron chi connectivity index (χ1n) is 10.7. The highest BCUT2D eigenvalue weighted by Gasteiger charge is 2.29. The number of rotatable bonds is 4. The lowest BCUT2D eigenvalue weighted by molar-refractivity contribution is -0.121. The smallest absolute Gasteiger partial charge is 0.319 e. The maximum absolute atomic E-state index is 12.9. The van der Waals surface area contributed by atoms with E-state index in [9.17, 15) is 18.0 Å². The number of piperidine rings is 1. The largest absolute Gasteiger partial charge is 0.331 e. The zero-order valence-electron chi connectivity index (χ0n) is 17.8. The number of anilines is 1. The molecule has 0 spiro atoms. The van der Waals surface area contributed by atoms with Crippen LogP contribution in [0.15, 0.2) is 29.2 Å². The van der Waals surface area contributed by atoms with Crippen LogP contribution in [0, 0.1) is 5.92 Å². The molecule has 0 radical (unpaired) electrons. The minimum atomic E-state index is -3.50. The summed E-state index contributed by atoms with van der Waals surface area (Å²) in [5.41, 5.74) is 0.561. The monoisotopic (exact) mass is 436 g/mol. The number of carbonyl (C=O) groups excluding carboxylic acids is 2. The van der Waals surface area contributed by atoms with Crippen molar-refractivity contribution in [2.45, 2.75) is 43.4 Å². The van der Waals surface area contributed by atoms with Crippen molar-refractivity contribution in [3.63, 3.8) is 0 Å².